The predicted octanol–water partition coefficient (Wildman–Crippen LogP) is 1.29. The fourth-order valence-electron chi connectivity index (χ4n) is 3.67. The number of hydrogen-bond donors (Lipinski definition) is 1. The van der Waals surface area contributed by atoms with Gasteiger partial charge in [-0.05, 0) is 41.8 Å². The number of nitrogens with zero attached hydrogens (tertiary/aromatic N) is 2. The summed E-state index contributed by atoms with van der Waals surface area (Å²) < 4.78 is 11.6. The summed E-state index contributed by atoms with van der Waals surface area (Å²) >= 11 is 0. The van der Waals surface area contributed by atoms with E-state index in [9.17, 15) is 14.4 Å². The van der Waals surface area contributed by atoms with Crippen LogP contribution in [0.4, 0.5) is 0 Å². The van der Waals surface area contributed by atoms with Gasteiger partial charge in [-0.25, -0.2) is 4.79 Å². The summed E-state index contributed by atoms with van der Waals surface area (Å²) in [5, 5.41) is 0.376. The van der Waals surface area contributed by atoms with Crippen molar-refractivity contribution in [1.29, 1.82) is 0 Å². The molecule has 1 N–H and O–H groups in total. The van der Waals surface area contributed by atoms with Crippen LogP contribution in [0.2, 0.25) is 0 Å². The molecule has 0 fully saturated rings. The van der Waals surface area contributed by atoms with Gasteiger partial charge in [-0.15, -0.1) is 0 Å². The summed E-state index contributed by atoms with van der Waals surface area (Å²) in [6, 6.07) is 10.5. The van der Waals surface area contributed by atoms with E-state index in [-0.39, 0.29) is 12.5 Å². The molecular formula is C21H21N3O5. The molecule has 0 atom stereocenters. The lowest BCUT2D eigenvalue weighted by molar-refractivity contribution is -0.132. The van der Waals surface area contributed by atoms with Crippen molar-refractivity contribution in [3.8, 4) is 11.5 Å². The molecule has 0 saturated carbocycles. The van der Waals surface area contributed by atoms with Crippen molar-refractivity contribution in [2.75, 3.05) is 20.8 Å². The average Bonchev–Trinajstić information content (AvgIpc) is 2.75. The molecule has 4 rings (SSSR count). The molecule has 8 nitrogen and oxygen atoms in total. The molecule has 2 heterocycles. The van der Waals surface area contributed by atoms with Crippen molar-refractivity contribution in [3.05, 3.63) is 68.4 Å². The number of aromatic nitrogens is 2. The molecular weight excluding hydrogens is 374 g/mol. The Morgan fingerprint density at radius 3 is 2.48 bits per heavy atom. The van der Waals surface area contributed by atoms with Crippen molar-refractivity contribution >= 4 is 16.8 Å². The van der Waals surface area contributed by atoms with Crippen molar-refractivity contribution in [2.45, 2.75) is 19.5 Å². The number of amides is 1. The average molecular weight is 395 g/mol. The second-order valence-electron chi connectivity index (χ2n) is 6.91. The van der Waals surface area contributed by atoms with Gasteiger partial charge in [0.15, 0.2) is 11.5 Å². The van der Waals surface area contributed by atoms with Crippen molar-refractivity contribution in [2.24, 2.45) is 0 Å². The van der Waals surface area contributed by atoms with Crippen LogP contribution in [0.1, 0.15) is 11.1 Å². The first-order chi connectivity index (χ1) is 14.0. The highest BCUT2D eigenvalue weighted by molar-refractivity contribution is 5.79. The summed E-state index contributed by atoms with van der Waals surface area (Å²) in [4.78, 5) is 42.2. The van der Waals surface area contributed by atoms with Gasteiger partial charge in [-0.1, -0.05) is 12.1 Å². The van der Waals surface area contributed by atoms with E-state index in [1.54, 1.807) is 43.4 Å². The normalized spacial score (nSPS) is 13.2. The molecule has 1 aromatic heterocycles. The van der Waals surface area contributed by atoms with E-state index in [4.69, 9.17) is 9.47 Å². The number of carbonyl (C=O) groups is 1. The third-order valence-electron chi connectivity index (χ3n) is 5.25. The van der Waals surface area contributed by atoms with Gasteiger partial charge in [0.1, 0.15) is 6.54 Å². The minimum Gasteiger partial charge on any atom is -0.493 e. The first-order valence-corrected chi connectivity index (χ1v) is 9.25. The molecule has 0 unspecified atom stereocenters. The number of nitrogens with one attached hydrogen (secondary N) is 1. The van der Waals surface area contributed by atoms with Crippen molar-refractivity contribution in [3.63, 3.8) is 0 Å². The summed E-state index contributed by atoms with van der Waals surface area (Å²) in [7, 11) is 3.15. The highest BCUT2D eigenvalue weighted by atomic mass is 16.5. The minimum absolute atomic E-state index is 0.284. The highest BCUT2D eigenvalue weighted by Gasteiger charge is 2.24. The molecule has 1 amide bonds. The first-order valence-electron chi connectivity index (χ1n) is 9.25. The maximum atomic E-state index is 12.9. The van der Waals surface area contributed by atoms with E-state index in [0.717, 1.165) is 15.7 Å². The van der Waals surface area contributed by atoms with E-state index in [0.29, 0.717) is 41.9 Å². The summed E-state index contributed by atoms with van der Waals surface area (Å²) in [5.41, 5.74) is 1.45. The van der Waals surface area contributed by atoms with E-state index >= 15 is 0 Å². The molecule has 3 aromatic rings. The SMILES string of the molecule is COc1cc2c(cc1OC)CN(C(=O)Cn1c(=O)[nH]c3ccccc3c1=O)CC2. The number of fused-ring (bicyclic) bond motifs is 2. The van der Waals surface area contributed by atoms with Crippen LogP contribution in [0.25, 0.3) is 10.9 Å². The van der Waals surface area contributed by atoms with Gasteiger partial charge in [0.2, 0.25) is 5.91 Å². The Labute approximate surface area is 166 Å². The molecule has 1 aliphatic rings. The fourth-order valence-corrected chi connectivity index (χ4v) is 3.67. The van der Waals surface area contributed by atoms with Gasteiger partial charge in [0.05, 0.1) is 25.1 Å². The Balaban J connectivity index is 1.60. The number of hydrogen-bond acceptors (Lipinski definition) is 5. The van der Waals surface area contributed by atoms with Crippen LogP contribution in [0.15, 0.2) is 46.0 Å². The maximum absolute atomic E-state index is 12.9. The number of H-pyrrole nitrogens is 1. The molecule has 1 aliphatic heterocycles. The van der Waals surface area contributed by atoms with Crippen molar-refractivity contribution in [1.82, 2.24) is 14.5 Å². The van der Waals surface area contributed by atoms with Crippen LogP contribution in [0.3, 0.4) is 0 Å². The molecule has 0 saturated heterocycles. The van der Waals surface area contributed by atoms with Crippen LogP contribution in [0.5, 0.6) is 11.5 Å². The van der Waals surface area contributed by atoms with Crippen LogP contribution in [-0.2, 0) is 24.3 Å². The maximum Gasteiger partial charge on any atom is 0.329 e. The Hall–Kier alpha value is -3.55. The Morgan fingerprint density at radius 1 is 1.07 bits per heavy atom. The lowest BCUT2D eigenvalue weighted by Gasteiger charge is -2.29. The second kappa shape index (κ2) is 7.46. The van der Waals surface area contributed by atoms with Crippen LogP contribution >= 0.6 is 0 Å². The summed E-state index contributed by atoms with van der Waals surface area (Å²) in [6.07, 6.45) is 0.657. The van der Waals surface area contributed by atoms with Gasteiger partial charge < -0.3 is 19.4 Å². The Bertz CT molecular complexity index is 1210. The van der Waals surface area contributed by atoms with Gasteiger partial charge in [0.25, 0.3) is 5.56 Å². The number of aromatic amines is 1. The van der Waals surface area contributed by atoms with Gasteiger partial charge in [0, 0.05) is 13.1 Å². The number of para-hydroxylation sites is 1. The monoisotopic (exact) mass is 395 g/mol. The molecule has 0 bridgehead atoms. The molecule has 0 aliphatic carbocycles. The number of benzene rings is 2. The Morgan fingerprint density at radius 2 is 1.76 bits per heavy atom. The molecule has 29 heavy (non-hydrogen) atoms. The molecule has 2 aromatic carbocycles. The van der Waals surface area contributed by atoms with Gasteiger partial charge in [-0.2, -0.15) is 0 Å². The number of rotatable bonds is 4. The minimum atomic E-state index is -0.592. The molecule has 8 heteroatoms. The van der Waals surface area contributed by atoms with Crippen LogP contribution < -0.4 is 20.7 Å². The largest absolute Gasteiger partial charge is 0.493 e. The fraction of sp³-hybridized carbons (Fsp3) is 0.286. The number of methoxy groups -OCH3 is 2. The van der Waals surface area contributed by atoms with E-state index in [1.807, 2.05) is 12.1 Å². The van der Waals surface area contributed by atoms with Crippen LogP contribution in [-0.4, -0.2) is 41.1 Å². The lowest BCUT2D eigenvalue weighted by Crippen LogP contribution is -2.43. The standard InChI is InChI=1S/C21H21N3O5/c1-28-17-9-13-7-8-23(11-14(13)10-18(17)29-2)19(25)12-24-20(26)15-5-3-4-6-16(15)22-21(24)27/h3-6,9-10H,7-8,11-12H2,1-2H3,(H,22,27). The smallest absolute Gasteiger partial charge is 0.329 e. The quantitative estimate of drug-likeness (QED) is 0.719. The molecule has 150 valence electrons. The third kappa shape index (κ3) is 3.37. The zero-order valence-corrected chi connectivity index (χ0v) is 16.2. The van der Waals surface area contributed by atoms with Gasteiger partial charge >= 0.3 is 5.69 Å². The zero-order chi connectivity index (χ0) is 20.5. The number of ether oxygens (including phenoxy) is 2. The first kappa shape index (κ1) is 18.8. The lowest BCUT2D eigenvalue weighted by atomic mass is 9.98. The van der Waals surface area contributed by atoms with E-state index in [1.165, 1.54) is 0 Å². The molecule has 0 spiro atoms. The molecule has 0 radical (unpaired) electrons. The van der Waals surface area contributed by atoms with Crippen LogP contribution in [0, 0.1) is 0 Å². The van der Waals surface area contributed by atoms with Gasteiger partial charge in [-0.3, -0.25) is 14.2 Å². The van der Waals surface area contributed by atoms with Crippen molar-refractivity contribution < 1.29 is 14.3 Å². The summed E-state index contributed by atoms with van der Waals surface area (Å²) in [6.45, 7) is 0.581. The highest BCUT2D eigenvalue weighted by Crippen LogP contribution is 2.33. The third-order valence-corrected chi connectivity index (χ3v) is 5.25. The van der Waals surface area contributed by atoms with E-state index in [2.05, 4.69) is 4.98 Å². The summed E-state index contributed by atoms with van der Waals surface area (Å²) in [5.74, 6) is 0.969. The Kier molecular flexibility index (Phi) is 4.84. The van der Waals surface area contributed by atoms with E-state index < -0.39 is 11.2 Å². The second-order valence-corrected chi connectivity index (χ2v) is 6.91. The predicted molar refractivity (Wildman–Crippen MR) is 107 cm³/mol. The zero-order valence-electron chi connectivity index (χ0n) is 16.2. The number of carbonyl (C=O) groups excluding carboxylic acids is 1. The topological polar surface area (TPSA) is 93.6 Å².